The van der Waals surface area contributed by atoms with E-state index in [9.17, 15) is 19.2 Å². The monoisotopic (exact) mass is 526 g/mol. The molecule has 0 radical (unpaired) electrons. The quantitative estimate of drug-likeness (QED) is 0.508. The Bertz CT molecular complexity index is 1180. The fourth-order valence-corrected chi connectivity index (χ4v) is 5.93. The predicted molar refractivity (Wildman–Crippen MR) is 141 cm³/mol. The lowest BCUT2D eigenvalue weighted by atomic mass is 9.81. The summed E-state index contributed by atoms with van der Waals surface area (Å²) in [6.45, 7) is 3.65. The molecule has 1 aliphatic heterocycles. The van der Waals surface area contributed by atoms with Crippen molar-refractivity contribution in [3.63, 3.8) is 0 Å². The van der Waals surface area contributed by atoms with Gasteiger partial charge in [-0.2, -0.15) is 0 Å². The van der Waals surface area contributed by atoms with Crippen LogP contribution in [0.2, 0.25) is 0 Å². The molecular formula is C26H34N6O4S. The van der Waals surface area contributed by atoms with Crippen LogP contribution in [0.15, 0.2) is 24.4 Å². The van der Waals surface area contributed by atoms with Gasteiger partial charge in [-0.3, -0.25) is 19.2 Å². The number of aryl methyl sites for hydroxylation is 1. The number of fused-ring (bicyclic) bond motifs is 1. The second-order valence-electron chi connectivity index (χ2n) is 10.1. The number of nitrogens with one attached hydrogen (secondary N) is 3. The van der Waals surface area contributed by atoms with Gasteiger partial charge in [0.15, 0.2) is 0 Å². The van der Waals surface area contributed by atoms with E-state index in [2.05, 4.69) is 32.9 Å². The standard InChI is InChI=1S/C26H34N6O4S/c1-15-5-8-22(27-13-15)30-25(35)24(34)28-18-7-6-16(26(36)31(2)3)11-19(18)29-23(33)21-12-17-14-32(4)10-9-20(17)37-21/h5,8,12-13,16,18-19H,6-7,9-11,14H2,1-4H3,(H,28,34)(H,29,33)(H,27,30,35)/t16-,18-,19+/m0/s1. The van der Waals surface area contributed by atoms with Crippen molar-refractivity contribution in [1.29, 1.82) is 0 Å². The number of carbonyl (C=O) groups is 4. The minimum Gasteiger partial charge on any atom is -0.349 e. The molecule has 1 saturated carbocycles. The third-order valence-corrected chi connectivity index (χ3v) is 8.15. The number of aromatic nitrogens is 1. The molecule has 2 aromatic rings. The lowest BCUT2D eigenvalue weighted by molar-refractivity contribution is -0.137. The molecule has 3 heterocycles. The van der Waals surface area contributed by atoms with Gasteiger partial charge in [0.25, 0.3) is 5.91 Å². The highest BCUT2D eigenvalue weighted by atomic mass is 32.1. The first-order chi connectivity index (χ1) is 17.6. The number of rotatable bonds is 5. The molecule has 4 amide bonds. The fourth-order valence-electron chi connectivity index (χ4n) is 4.87. The topological polar surface area (TPSA) is 124 Å². The average molecular weight is 527 g/mol. The molecule has 0 unspecified atom stereocenters. The molecule has 198 valence electrons. The average Bonchev–Trinajstić information content (AvgIpc) is 3.29. The van der Waals surface area contributed by atoms with Crippen LogP contribution in [0, 0.1) is 12.8 Å². The van der Waals surface area contributed by atoms with E-state index in [1.165, 1.54) is 21.8 Å². The van der Waals surface area contributed by atoms with Crippen molar-refractivity contribution in [1.82, 2.24) is 25.4 Å². The highest BCUT2D eigenvalue weighted by Gasteiger charge is 2.37. The third kappa shape index (κ3) is 6.53. The highest BCUT2D eigenvalue weighted by molar-refractivity contribution is 7.14. The van der Waals surface area contributed by atoms with Crippen molar-refractivity contribution in [3.8, 4) is 0 Å². The number of hydrogen-bond donors (Lipinski definition) is 3. The molecule has 0 aromatic carbocycles. The van der Waals surface area contributed by atoms with E-state index in [1.54, 1.807) is 37.3 Å². The number of anilines is 1. The summed E-state index contributed by atoms with van der Waals surface area (Å²) in [5.74, 6) is -1.87. The van der Waals surface area contributed by atoms with Gasteiger partial charge in [-0.25, -0.2) is 4.98 Å². The van der Waals surface area contributed by atoms with E-state index in [-0.39, 0.29) is 23.6 Å². The summed E-state index contributed by atoms with van der Waals surface area (Å²) in [6.07, 6.45) is 3.90. The number of nitrogens with zero attached hydrogens (tertiary/aromatic N) is 3. The third-order valence-electron chi connectivity index (χ3n) is 6.91. The zero-order valence-corrected chi connectivity index (χ0v) is 22.5. The van der Waals surface area contributed by atoms with Gasteiger partial charge in [0.1, 0.15) is 5.82 Å². The molecule has 0 saturated heterocycles. The van der Waals surface area contributed by atoms with Crippen molar-refractivity contribution in [2.45, 2.75) is 51.2 Å². The van der Waals surface area contributed by atoms with Crippen LogP contribution in [0.1, 0.15) is 44.9 Å². The zero-order chi connectivity index (χ0) is 26.7. The fraction of sp³-hybridized carbons (Fsp3) is 0.500. The van der Waals surface area contributed by atoms with E-state index in [1.807, 2.05) is 13.0 Å². The molecule has 2 aromatic heterocycles. The van der Waals surface area contributed by atoms with Gasteiger partial charge >= 0.3 is 11.8 Å². The molecule has 11 heteroatoms. The Morgan fingerprint density at radius 2 is 1.86 bits per heavy atom. The van der Waals surface area contributed by atoms with Crippen LogP contribution in [0.4, 0.5) is 5.82 Å². The number of amides is 4. The van der Waals surface area contributed by atoms with Crippen molar-refractivity contribution >= 4 is 40.8 Å². The SMILES string of the molecule is Cc1ccc(NC(=O)C(=O)N[C@H]2CC[C@H](C(=O)N(C)C)C[C@H]2NC(=O)c2cc3c(s2)CCN(C)C3)nc1. The van der Waals surface area contributed by atoms with Crippen molar-refractivity contribution < 1.29 is 19.2 Å². The smallest absolute Gasteiger partial charge is 0.314 e. The van der Waals surface area contributed by atoms with E-state index in [0.717, 1.165) is 25.1 Å². The number of carbonyl (C=O) groups excluding carboxylic acids is 4. The summed E-state index contributed by atoms with van der Waals surface area (Å²) >= 11 is 1.50. The number of thiophene rings is 1. The lowest BCUT2D eigenvalue weighted by Gasteiger charge is -2.37. The van der Waals surface area contributed by atoms with Crippen molar-refractivity contribution in [3.05, 3.63) is 45.3 Å². The second kappa shape index (κ2) is 11.4. The summed E-state index contributed by atoms with van der Waals surface area (Å²) in [5.41, 5.74) is 2.10. The molecule has 4 rings (SSSR count). The maximum atomic E-state index is 13.2. The summed E-state index contributed by atoms with van der Waals surface area (Å²) < 4.78 is 0. The Kier molecular flexibility index (Phi) is 8.23. The summed E-state index contributed by atoms with van der Waals surface area (Å²) in [4.78, 5) is 60.9. The molecule has 0 bridgehead atoms. The minimum absolute atomic E-state index is 0.0122. The number of likely N-dealkylation sites (N-methyl/N-ethyl adjacent to an activating group) is 1. The molecule has 1 fully saturated rings. The Morgan fingerprint density at radius 3 is 2.57 bits per heavy atom. The minimum atomic E-state index is -0.831. The molecule has 3 N–H and O–H groups in total. The molecule has 2 aliphatic rings. The maximum absolute atomic E-state index is 13.2. The lowest BCUT2D eigenvalue weighted by Crippen LogP contribution is -2.57. The first-order valence-corrected chi connectivity index (χ1v) is 13.3. The van der Waals surface area contributed by atoms with Gasteiger partial charge in [-0.05, 0) is 62.9 Å². The molecule has 3 atom stereocenters. The van der Waals surface area contributed by atoms with Gasteiger partial charge in [-0.1, -0.05) is 6.07 Å². The first-order valence-electron chi connectivity index (χ1n) is 12.5. The van der Waals surface area contributed by atoms with Crippen LogP contribution in [-0.4, -0.2) is 78.2 Å². The summed E-state index contributed by atoms with van der Waals surface area (Å²) in [5, 5.41) is 8.34. The van der Waals surface area contributed by atoms with Gasteiger partial charge in [0.2, 0.25) is 5.91 Å². The molecule has 10 nitrogen and oxygen atoms in total. The summed E-state index contributed by atoms with van der Waals surface area (Å²) in [6, 6.07) is 4.37. The van der Waals surface area contributed by atoms with Gasteiger partial charge in [0, 0.05) is 50.2 Å². The van der Waals surface area contributed by atoms with E-state index < -0.39 is 23.9 Å². The second-order valence-corrected chi connectivity index (χ2v) is 11.3. The highest BCUT2D eigenvalue weighted by Crippen LogP contribution is 2.30. The van der Waals surface area contributed by atoms with Crippen LogP contribution in [-0.2, 0) is 27.3 Å². The number of hydrogen-bond acceptors (Lipinski definition) is 7. The Labute approximate surface area is 220 Å². The van der Waals surface area contributed by atoms with Crippen LogP contribution >= 0.6 is 11.3 Å². The zero-order valence-electron chi connectivity index (χ0n) is 21.7. The van der Waals surface area contributed by atoms with Gasteiger partial charge in [-0.15, -0.1) is 11.3 Å². The maximum Gasteiger partial charge on any atom is 0.314 e. The van der Waals surface area contributed by atoms with Gasteiger partial charge < -0.3 is 25.8 Å². The first kappa shape index (κ1) is 26.7. The molecule has 1 aliphatic carbocycles. The van der Waals surface area contributed by atoms with Crippen molar-refractivity contribution in [2.75, 3.05) is 33.0 Å². The molecule has 37 heavy (non-hydrogen) atoms. The van der Waals surface area contributed by atoms with Crippen LogP contribution < -0.4 is 16.0 Å². The Morgan fingerprint density at radius 1 is 1.08 bits per heavy atom. The number of pyridine rings is 1. The van der Waals surface area contributed by atoms with E-state index >= 15 is 0 Å². The van der Waals surface area contributed by atoms with E-state index in [4.69, 9.17) is 0 Å². The van der Waals surface area contributed by atoms with Crippen LogP contribution in [0.25, 0.3) is 0 Å². The Balaban J connectivity index is 1.45. The Hall–Kier alpha value is -3.31. The van der Waals surface area contributed by atoms with Gasteiger partial charge in [0.05, 0.1) is 10.9 Å². The van der Waals surface area contributed by atoms with Crippen molar-refractivity contribution in [2.24, 2.45) is 5.92 Å². The predicted octanol–water partition coefficient (Wildman–Crippen LogP) is 1.55. The van der Waals surface area contributed by atoms with Crippen LogP contribution in [0.5, 0.6) is 0 Å². The molecule has 0 spiro atoms. The van der Waals surface area contributed by atoms with Crippen LogP contribution in [0.3, 0.4) is 0 Å². The summed E-state index contributed by atoms with van der Waals surface area (Å²) in [7, 11) is 5.48. The normalized spacial score (nSPS) is 21.5. The molecular weight excluding hydrogens is 492 g/mol. The largest absolute Gasteiger partial charge is 0.349 e. The van der Waals surface area contributed by atoms with E-state index in [0.29, 0.717) is 24.1 Å².